The van der Waals surface area contributed by atoms with Gasteiger partial charge in [-0.3, -0.25) is 9.59 Å². The van der Waals surface area contributed by atoms with Crippen molar-refractivity contribution in [2.45, 2.75) is 13.1 Å². The molecule has 0 atom stereocenters. The molecule has 0 aliphatic rings. The van der Waals surface area contributed by atoms with E-state index in [1.807, 2.05) is 36.4 Å². The van der Waals surface area contributed by atoms with Crippen molar-refractivity contribution in [1.82, 2.24) is 15.1 Å². The predicted molar refractivity (Wildman–Crippen MR) is 105 cm³/mol. The molecule has 0 fully saturated rings. The highest BCUT2D eigenvalue weighted by Gasteiger charge is 2.10. The Bertz CT molecular complexity index is 1020. The van der Waals surface area contributed by atoms with Crippen molar-refractivity contribution in [2.75, 3.05) is 14.2 Å². The zero-order valence-corrected chi connectivity index (χ0v) is 15.7. The lowest BCUT2D eigenvalue weighted by Crippen LogP contribution is -2.33. The number of carbonyl (C=O) groups is 1. The minimum absolute atomic E-state index is 0.160. The quantitative estimate of drug-likeness (QED) is 0.681. The third kappa shape index (κ3) is 4.56. The van der Waals surface area contributed by atoms with E-state index in [9.17, 15) is 9.59 Å². The molecule has 7 heteroatoms. The fraction of sp³-hybridized carbons (Fsp3) is 0.190. The van der Waals surface area contributed by atoms with Crippen LogP contribution in [0.4, 0.5) is 0 Å². The highest BCUT2D eigenvalue weighted by molar-refractivity contribution is 5.75. The smallest absolute Gasteiger partial charge is 0.267 e. The van der Waals surface area contributed by atoms with Gasteiger partial charge in [0.15, 0.2) is 11.5 Å². The van der Waals surface area contributed by atoms with E-state index < -0.39 is 0 Å². The second kappa shape index (κ2) is 8.85. The Kier molecular flexibility index (Phi) is 6.06. The van der Waals surface area contributed by atoms with Crippen LogP contribution in [0.1, 0.15) is 5.56 Å². The third-order valence-corrected chi connectivity index (χ3v) is 4.17. The lowest BCUT2D eigenvalue weighted by molar-refractivity contribution is -0.122. The summed E-state index contributed by atoms with van der Waals surface area (Å²) in [5, 5.41) is 7.11. The minimum Gasteiger partial charge on any atom is -0.493 e. The summed E-state index contributed by atoms with van der Waals surface area (Å²) in [4.78, 5) is 24.3. The topological polar surface area (TPSA) is 82.5 Å². The standard InChI is InChI=1S/C21H21N3O4/c1-27-18-10-8-16(12-19(18)28-2)17-9-11-21(26)24(23-17)14-20(25)22-13-15-6-4-3-5-7-15/h3-12H,13-14H2,1-2H3,(H,22,25). The Morgan fingerprint density at radius 1 is 1.00 bits per heavy atom. The van der Waals surface area contributed by atoms with Crippen LogP contribution >= 0.6 is 0 Å². The number of rotatable bonds is 7. The third-order valence-electron chi connectivity index (χ3n) is 4.17. The molecule has 0 bridgehead atoms. The fourth-order valence-corrected chi connectivity index (χ4v) is 2.70. The number of nitrogens with one attached hydrogen (secondary N) is 1. The van der Waals surface area contributed by atoms with Gasteiger partial charge in [0.05, 0.1) is 19.9 Å². The summed E-state index contributed by atoms with van der Waals surface area (Å²) in [6.07, 6.45) is 0. The molecule has 0 unspecified atom stereocenters. The van der Waals surface area contributed by atoms with Gasteiger partial charge >= 0.3 is 0 Å². The number of hydrogen-bond acceptors (Lipinski definition) is 5. The molecule has 0 saturated carbocycles. The van der Waals surface area contributed by atoms with Crippen LogP contribution in [0.3, 0.4) is 0 Å². The highest BCUT2D eigenvalue weighted by atomic mass is 16.5. The van der Waals surface area contributed by atoms with Crippen molar-refractivity contribution in [2.24, 2.45) is 0 Å². The molecule has 3 rings (SSSR count). The molecule has 1 amide bonds. The summed E-state index contributed by atoms with van der Waals surface area (Å²) in [5.74, 6) is 0.864. The van der Waals surface area contributed by atoms with Crippen LogP contribution in [0.25, 0.3) is 11.3 Å². The number of aromatic nitrogens is 2. The van der Waals surface area contributed by atoms with Crippen molar-refractivity contribution in [3.63, 3.8) is 0 Å². The van der Waals surface area contributed by atoms with Crippen LogP contribution in [0.15, 0.2) is 65.5 Å². The van der Waals surface area contributed by atoms with Gasteiger partial charge in [0.25, 0.3) is 5.56 Å². The van der Waals surface area contributed by atoms with Crippen LogP contribution in [-0.4, -0.2) is 29.9 Å². The Balaban J connectivity index is 1.76. The van der Waals surface area contributed by atoms with Gasteiger partial charge in [0.2, 0.25) is 5.91 Å². The van der Waals surface area contributed by atoms with Crippen LogP contribution < -0.4 is 20.3 Å². The van der Waals surface area contributed by atoms with Gasteiger partial charge in [0, 0.05) is 18.2 Å². The van der Waals surface area contributed by atoms with E-state index in [-0.39, 0.29) is 18.0 Å². The van der Waals surface area contributed by atoms with E-state index >= 15 is 0 Å². The Hall–Kier alpha value is -3.61. The van der Waals surface area contributed by atoms with E-state index in [1.54, 1.807) is 32.4 Å². The molecule has 1 N–H and O–H groups in total. The van der Waals surface area contributed by atoms with Crippen LogP contribution in [0.2, 0.25) is 0 Å². The molecule has 7 nitrogen and oxygen atoms in total. The second-order valence-electron chi connectivity index (χ2n) is 6.05. The van der Waals surface area contributed by atoms with Crippen molar-refractivity contribution in [3.05, 3.63) is 76.6 Å². The Morgan fingerprint density at radius 2 is 1.75 bits per heavy atom. The molecular formula is C21H21N3O4. The summed E-state index contributed by atoms with van der Waals surface area (Å²) in [5.41, 5.74) is 1.93. The molecule has 1 heterocycles. The number of nitrogens with zero attached hydrogens (tertiary/aromatic N) is 2. The predicted octanol–water partition coefficient (Wildman–Crippen LogP) is 2.24. The van der Waals surface area contributed by atoms with Gasteiger partial charge in [0.1, 0.15) is 6.54 Å². The zero-order chi connectivity index (χ0) is 19.9. The van der Waals surface area contributed by atoms with Crippen LogP contribution in [-0.2, 0) is 17.9 Å². The molecule has 1 aromatic heterocycles. The lowest BCUT2D eigenvalue weighted by Gasteiger charge is -2.11. The molecule has 0 aliphatic carbocycles. The summed E-state index contributed by atoms with van der Waals surface area (Å²) in [6.45, 7) is 0.233. The number of methoxy groups -OCH3 is 2. The molecule has 28 heavy (non-hydrogen) atoms. The van der Waals surface area contributed by atoms with Crippen LogP contribution in [0, 0.1) is 0 Å². The molecule has 3 aromatic rings. The van der Waals surface area contributed by atoms with Crippen molar-refractivity contribution in [3.8, 4) is 22.8 Å². The van der Waals surface area contributed by atoms with Gasteiger partial charge in [-0.05, 0) is 29.8 Å². The van der Waals surface area contributed by atoms with Gasteiger partial charge in [-0.15, -0.1) is 0 Å². The van der Waals surface area contributed by atoms with Gasteiger partial charge in [-0.25, -0.2) is 4.68 Å². The SMILES string of the molecule is COc1ccc(-c2ccc(=O)n(CC(=O)NCc3ccccc3)n2)cc1OC. The summed E-state index contributed by atoms with van der Waals surface area (Å²) in [7, 11) is 3.11. The average Bonchev–Trinajstić information content (AvgIpc) is 2.74. The first kappa shape index (κ1) is 19.2. The summed E-state index contributed by atoms with van der Waals surface area (Å²) < 4.78 is 11.7. The van der Waals surface area contributed by atoms with E-state index in [1.165, 1.54) is 6.07 Å². The second-order valence-corrected chi connectivity index (χ2v) is 6.05. The maximum absolute atomic E-state index is 12.2. The maximum atomic E-state index is 12.2. The number of amides is 1. The number of benzene rings is 2. The zero-order valence-electron chi connectivity index (χ0n) is 15.7. The minimum atomic E-state index is -0.348. The van der Waals surface area contributed by atoms with E-state index in [0.717, 1.165) is 15.8 Å². The van der Waals surface area contributed by atoms with Gasteiger partial charge in [-0.2, -0.15) is 5.10 Å². The Labute approximate surface area is 162 Å². The average molecular weight is 379 g/mol. The van der Waals surface area contributed by atoms with E-state index in [2.05, 4.69) is 10.4 Å². The molecule has 0 radical (unpaired) electrons. The fourth-order valence-electron chi connectivity index (χ4n) is 2.70. The first-order valence-electron chi connectivity index (χ1n) is 8.72. The van der Waals surface area contributed by atoms with Crippen LogP contribution in [0.5, 0.6) is 11.5 Å². The van der Waals surface area contributed by atoms with Crippen molar-refractivity contribution >= 4 is 5.91 Å². The first-order valence-corrected chi connectivity index (χ1v) is 8.72. The van der Waals surface area contributed by atoms with Crippen molar-refractivity contribution < 1.29 is 14.3 Å². The number of hydrogen-bond donors (Lipinski definition) is 1. The molecule has 2 aromatic carbocycles. The van der Waals surface area contributed by atoms with E-state index in [4.69, 9.17) is 9.47 Å². The summed E-state index contributed by atoms with van der Waals surface area (Å²) in [6, 6.07) is 17.9. The molecule has 0 aliphatic heterocycles. The monoisotopic (exact) mass is 379 g/mol. The number of ether oxygens (including phenoxy) is 2. The van der Waals surface area contributed by atoms with Crippen molar-refractivity contribution in [1.29, 1.82) is 0 Å². The molecular weight excluding hydrogens is 358 g/mol. The molecule has 0 saturated heterocycles. The molecule has 0 spiro atoms. The van der Waals surface area contributed by atoms with Gasteiger partial charge in [-0.1, -0.05) is 30.3 Å². The number of carbonyl (C=O) groups excluding carboxylic acids is 1. The normalized spacial score (nSPS) is 10.4. The highest BCUT2D eigenvalue weighted by Crippen LogP contribution is 2.31. The largest absolute Gasteiger partial charge is 0.493 e. The lowest BCUT2D eigenvalue weighted by atomic mass is 10.1. The summed E-state index contributed by atoms with van der Waals surface area (Å²) >= 11 is 0. The maximum Gasteiger partial charge on any atom is 0.267 e. The van der Waals surface area contributed by atoms with Gasteiger partial charge < -0.3 is 14.8 Å². The van der Waals surface area contributed by atoms with E-state index in [0.29, 0.717) is 23.7 Å². The first-order chi connectivity index (χ1) is 13.6. The Morgan fingerprint density at radius 3 is 2.46 bits per heavy atom. The molecule has 144 valence electrons.